The number of nitrogens with one attached hydrogen (secondary N) is 1. The minimum atomic E-state index is -0.451. The van der Waals surface area contributed by atoms with Crippen LogP contribution >= 0.6 is 11.3 Å². The Morgan fingerprint density at radius 1 is 1.39 bits per heavy atom. The van der Waals surface area contributed by atoms with E-state index in [1.807, 2.05) is 12.1 Å². The molecule has 0 bridgehead atoms. The number of hydrogen-bond acceptors (Lipinski definition) is 4. The summed E-state index contributed by atoms with van der Waals surface area (Å²) in [7, 11) is 2.18. The number of carbonyl (C=O) groups is 1. The number of primary amides is 1. The molecule has 2 aromatic heterocycles. The van der Waals surface area contributed by atoms with E-state index in [9.17, 15) is 4.79 Å². The van der Waals surface area contributed by atoms with Gasteiger partial charge >= 0.3 is 0 Å². The molecule has 3 N–H and O–H groups in total. The summed E-state index contributed by atoms with van der Waals surface area (Å²) in [5.74, 6) is 0.346. The quantitative estimate of drug-likeness (QED) is 0.776. The summed E-state index contributed by atoms with van der Waals surface area (Å²) >= 11 is 1.76. The van der Waals surface area contributed by atoms with Gasteiger partial charge in [0.15, 0.2) is 0 Å². The molecule has 0 aliphatic carbocycles. The number of aromatic amines is 1. The van der Waals surface area contributed by atoms with Gasteiger partial charge in [-0.15, -0.1) is 11.3 Å². The summed E-state index contributed by atoms with van der Waals surface area (Å²) in [6, 6.07) is 10.2. The molecule has 1 fully saturated rings. The number of nitrogens with two attached hydrogens (primary N) is 1. The van der Waals surface area contributed by atoms with Crippen LogP contribution in [0.25, 0.3) is 21.7 Å². The summed E-state index contributed by atoms with van der Waals surface area (Å²) in [5.41, 5.74) is 7.37. The second-order valence-electron chi connectivity index (χ2n) is 5.99. The number of carbonyl (C=O) groups excluding carboxylic acids is 1. The Morgan fingerprint density at radius 2 is 2.26 bits per heavy atom. The van der Waals surface area contributed by atoms with Gasteiger partial charge in [-0.1, -0.05) is 6.07 Å². The lowest BCUT2D eigenvalue weighted by molar-refractivity contribution is 0.100. The number of likely N-dealkylation sites (tertiary alicyclic amines) is 1. The molecular weight excluding hydrogens is 308 g/mol. The third-order valence-electron chi connectivity index (χ3n) is 4.49. The van der Waals surface area contributed by atoms with Crippen LogP contribution in [0.1, 0.15) is 34.1 Å². The average Bonchev–Trinajstić information content (AvgIpc) is 3.23. The maximum Gasteiger partial charge on any atom is 0.250 e. The summed E-state index contributed by atoms with van der Waals surface area (Å²) < 4.78 is 0. The van der Waals surface area contributed by atoms with Crippen LogP contribution < -0.4 is 5.73 Å². The topological polar surface area (TPSA) is 75.0 Å². The third kappa shape index (κ3) is 2.44. The highest BCUT2D eigenvalue weighted by atomic mass is 32.1. The molecule has 1 aliphatic heterocycles. The van der Waals surface area contributed by atoms with Crippen LogP contribution in [0, 0.1) is 0 Å². The van der Waals surface area contributed by atoms with Crippen LogP contribution in [0.2, 0.25) is 0 Å². The predicted molar refractivity (Wildman–Crippen MR) is 92.5 cm³/mol. The highest BCUT2D eigenvalue weighted by Crippen LogP contribution is 2.37. The van der Waals surface area contributed by atoms with Crippen LogP contribution in [0.4, 0.5) is 0 Å². The second kappa shape index (κ2) is 5.47. The molecule has 3 aromatic rings. The Balaban J connectivity index is 1.74. The Labute approximate surface area is 138 Å². The maximum absolute atomic E-state index is 11.5. The number of fused-ring (bicyclic) bond motifs is 1. The van der Waals surface area contributed by atoms with Crippen LogP contribution in [0.3, 0.4) is 0 Å². The standard InChI is InChI=1S/C17H18N4OS/c1-21-9-3-6-12(21)13-7-8-14(23-13)17-19-11-5-2-4-10(16(18)22)15(11)20-17/h2,4-5,7-8,12H,3,6,9H2,1H3,(H2,18,22)(H,19,20). The number of H-pyrrole nitrogens is 1. The summed E-state index contributed by atoms with van der Waals surface area (Å²) in [6.07, 6.45) is 2.46. The van der Waals surface area contributed by atoms with Gasteiger partial charge in [-0.2, -0.15) is 0 Å². The van der Waals surface area contributed by atoms with Crippen LogP contribution in [-0.2, 0) is 0 Å². The van der Waals surface area contributed by atoms with Gasteiger partial charge < -0.3 is 10.7 Å². The number of rotatable bonds is 3. The number of thiophene rings is 1. The lowest BCUT2D eigenvalue weighted by atomic mass is 10.2. The van der Waals surface area contributed by atoms with Gasteiger partial charge in [0.25, 0.3) is 5.91 Å². The van der Waals surface area contributed by atoms with Crippen LogP contribution in [0.5, 0.6) is 0 Å². The number of amides is 1. The lowest BCUT2D eigenvalue weighted by Gasteiger charge is -2.17. The fourth-order valence-corrected chi connectivity index (χ4v) is 4.43. The van der Waals surface area contributed by atoms with Crippen molar-refractivity contribution < 1.29 is 4.79 Å². The minimum absolute atomic E-state index is 0.451. The molecule has 0 spiro atoms. The van der Waals surface area contributed by atoms with Crippen molar-refractivity contribution in [1.29, 1.82) is 0 Å². The molecular formula is C17H18N4OS. The van der Waals surface area contributed by atoms with Gasteiger partial charge in [-0.05, 0) is 50.7 Å². The Bertz CT molecular complexity index is 882. The molecule has 0 saturated carbocycles. The number of hydrogen-bond donors (Lipinski definition) is 2. The number of para-hydroxylation sites is 1. The van der Waals surface area contributed by atoms with Gasteiger partial charge in [0.2, 0.25) is 0 Å². The lowest BCUT2D eigenvalue weighted by Crippen LogP contribution is -2.16. The molecule has 118 valence electrons. The summed E-state index contributed by atoms with van der Waals surface area (Å²) in [5, 5.41) is 0. The van der Waals surface area contributed by atoms with Gasteiger partial charge in [0.1, 0.15) is 11.3 Å². The Morgan fingerprint density at radius 3 is 3.00 bits per heavy atom. The summed E-state index contributed by atoms with van der Waals surface area (Å²) in [6.45, 7) is 1.16. The van der Waals surface area contributed by atoms with E-state index in [0.29, 0.717) is 17.1 Å². The first-order chi connectivity index (χ1) is 11.1. The maximum atomic E-state index is 11.5. The average molecular weight is 326 g/mol. The second-order valence-corrected chi connectivity index (χ2v) is 7.11. The highest BCUT2D eigenvalue weighted by Gasteiger charge is 2.24. The Kier molecular flexibility index (Phi) is 3.43. The SMILES string of the molecule is CN1CCCC1c1ccc(-c2nc3c(C(N)=O)cccc3[nH]2)s1. The van der Waals surface area contributed by atoms with Crippen molar-refractivity contribution >= 4 is 28.3 Å². The molecule has 6 heteroatoms. The van der Waals surface area contributed by atoms with E-state index < -0.39 is 5.91 Å². The van der Waals surface area contributed by atoms with Gasteiger partial charge in [0, 0.05) is 10.9 Å². The largest absolute Gasteiger partial charge is 0.366 e. The fraction of sp³-hybridized carbons (Fsp3) is 0.294. The van der Waals surface area contributed by atoms with E-state index in [2.05, 4.69) is 34.0 Å². The molecule has 1 amide bonds. The first-order valence-corrected chi connectivity index (χ1v) is 8.54. The van der Waals surface area contributed by atoms with Crippen LogP contribution in [-0.4, -0.2) is 34.4 Å². The molecule has 5 nitrogen and oxygen atoms in total. The molecule has 1 atom stereocenters. The Hall–Kier alpha value is -2.18. The van der Waals surface area contributed by atoms with E-state index in [4.69, 9.17) is 5.73 Å². The zero-order chi connectivity index (χ0) is 16.0. The van der Waals surface area contributed by atoms with E-state index in [1.54, 1.807) is 17.4 Å². The number of imidazole rings is 1. The zero-order valence-electron chi connectivity index (χ0n) is 12.9. The van der Waals surface area contributed by atoms with E-state index in [0.717, 1.165) is 22.8 Å². The van der Waals surface area contributed by atoms with Gasteiger partial charge in [-0.3, -0.25) is 9.69 Å². The molecule has 0 radical (unpaired) electrons. The van der Waals surface area contributed by atoms with E-state index in [1.165, 1.54) is 17.7 Å². The fourth-order valence-electron chi connectivity index (χ4n) is 3.28. The van der Waals surface area contributed by atoms with Crippen molar-refractivity contribution in [3.05, 3.63) is 40.8 Å². The van der Waals surface area contributed by atoms with Crippen molar-refractivity contribution in [2.24, 2.45) is 5.73 Å². The monoisotopic (exact) mass is 326 g/mol. The number of benzene rings is 1. The molecule has 1 aliphatic rings. The molecule has 3 heterocycles. The molecule has 4 rings (SSSR count). The zero-order valence-corrected chi connectivity index (χ0v) is 13.7. The minimum Gasteiger partial charge on any atom is -0.366 e. The van der Waals surface area contributed by atoms with Crippen molar-refractivity contribution in [2.45, 2.75) is 18.9 Å². The van der Waals surface area contributed by atoms with Gasteiger partial charge in [-0.25, -0.2) is 4.98 Å². The third-order valence-corrected chi connectivity index (χ3v) is 5.68. The first-order valence-electron chi connectivity index (χ1n) is 7.72. The van der Waals surface area contributed by atoms with Crippen LogP contribution in [0.15, 0.2) is 30.3 Å². The van der Waals surface area contributed by atoms with Crippen molar-refractivity contribution in [3.63, 3.8) is 0 Å². The normalized spacial score (nSPS) is 18.7. The predicted octanol–water partition coefficient (Wildman–Crippen LogP) is 3.16. The number of nitrogens with zero attached hydrogens (tertiary/aromatic N) is 2. The van der Waals surface area contributed by atoms with Crippen molar-refractivity contribution in [2.75, 3.05) is 13.6 Å². The van der Waals surface area contributed by atoms with Crippen molar-refractivity contribution in [3.8, 4) is 10.7 Å². The van der Waals surface area contributed by atoms with Gasteiger partial charge in [0.05, 0.1) is 16.0 Å². The van der Waals surface area contributed by atoms with E-state index >= 15 is 0 Å². The first kappa shape index (κ1) is 14.4. The van der Waals surface area contributed by atoms with E-state index in [-0.39, 0.29) is 0 Å². The smallest absolute Gasteiger partial charge is 0.250 e. The summed E-state index contributed by atoms with van der Waals surface area (Å²) in [4.78, 5) is 24.3. The molecule has 1 saturated heterocycles. The molecule has 1 unspecified atom stereocenters. The molecule has 23 heavy (non-hydrogen) atoms. The number of aromatic nitrogens is 2. The molecule has 1 aromatic carbocycles. The van der Waals surface area contributed by atoms with Crippen molar-refractivity contribution in [1.82, 2.24) is 14.9 Å². The highest BCUT2D eigenvalue weighted by molar-refractivity contribution is 7.15.